The first-order valence-electron chi connectivity index (χ1n) is 13.1. The minimum atomic E-state index is -4.05. The molecule has 0 aliphatic rings. The fourth-order valence-corrected chi connectivity index (χ4v) is 5.61. The first-order chi connectivity index (χ1) is 19.2. The van der Waals surface area contributed by atoms with E-state index in [1.807, 2.05) is 51.1 Å². The molecule has 0 saturated carbocycles. The minimum Gasteiger partial charge on any atom is -0.352 e. The maximum atomic E-state index is 14.0. The van der Waals surface area contributed by atoms with Gasteiger partial charge in [0, 0.05) is 6.54 Å². The van der Waals surface area contributed by atoms with Crippen molar-refractivity contribution in [3.63, 3.8) is 0 Å². The van der Waals surface area contributed by atoms with Crippen molar-refractivity contribution in [3.8, 4) is 0 Å². The molecule has 0 spiro atoms. The number of rotatable bonds is 10. The van der Waals surface area contributed by atoms with E-state index in [-0.39, 0.29) is 34.5 Å². The lowest BCUT2D eigenvalue weighted by atomic mass is 10.1. The molecule has 0 fully saturated rings. The van der Waals surface area contributed by atoms with Gasteiger partial charge in [0.2, 0.25) is 0 Å². The van der Waals surface area contributed by atoms with Crippen LogP contribution < -0.4 is 14.9 Å². The van der Waals surface area contributed by atoms with E-state index in [1.165, 1.54) is 4.31 Å². The second kappa shape index (κ2) is 12.6. The predicted molar refractivity (Wildman–Crippen MR) is 159 cm³/mol. The van der Waals surface area contributed by atoms with Gasteiger partial charge < -0.3 is 10.6 Å². The van der Waals surface area contributed by atoms with Gasteiger partial charge in [0.15, 0.2) is 0 Å². The molecule has 0 aliphatic carbocycles. The third kappa shape index (κ3) is 6.76. The number of para-hydroxylation sites is 2. The Balaban J connectivity index is 1.73. The molecule has 4 aromatic rings. The molecule has 0 unspecified atom stereocenters. The highest BCUT2D eigenvalue weighted by Gasteiger charge is 2.29. The molecule has 7 nitrogen and oxygen atoms in total. The van der Waals surface area contributed by atoms with Gasteiger partial charge in [-0.2, -0.15) is 0 Å². The Bertz CT molecular complexity index is 1580. The number of anilines is 2. The summed E-state index contributed by atoms with van der Waals surface area (Å²) >= 11 is 0. The minimum absolute atomic E-state index is 0.0234. The maximum Gasteiger partial charge on any atom is 0.264 e. The Morgan fingerprint density at radius 1 is 0.750 bits per heavy atom. The zero-order valence-corrected chi connectivity index (χ0v) is 23.6. The van der Waals surface area contributed by atoms with Crippen LogP contribution in [0.3, 0.4) is 0 Å². The molecular weight excluding hydrogens is 522 g/mol. The van der Waals surface area contributed by atoms with E-state index in [9.17, 15) is 18.0 Å². The lowest BCUT2D eigenvalue weighted by Gasteiger charge is -2.27. The van der Waals surface area contributed by atoms with E-state index in [4.69, 9.17) is 0 Å². The fourth-order valence-electron chi connectivity index (χ4n) is 4.14. The zero-order chi connectivity index (χ0) is 28.7. The first kappa shape index (κ1) is 28.6. The molecule has 0 heterocycles. The molecule has 2 amide bonds. The molecule has 0 aliphatic heterocycles. The van der Waals surface area contributed by atoms with E-state index in [0.717, 1.165) is 11.1 Å². The molecule has 0 atom stereocenters. The zero-order valence-electron chi connectivity index (χ0n) is 22.8. The van der Waals surface area contributed by atoms with E-state index >= 15 is 0 Å². The number of aryl methyl sites for hydroxylation is 1. The van der Waals surface area contributed by atoms with Crippen molar-refractivity contribution in [2.45, 2.75) is 32.2 Å². The summed E-state index contributed by atoms with van der Waals surface area (Å²) in [6, 6.07) is 29.1. The highest BCUT2D eigenvalue weighted by Crippen LogP contribution is 2.30. The molecule has 4 aromatic carbocycles. The van der Waals surface area contributed by atoms with Gasteiger partial charge in [-0.05, 0) is 54.8 Å². The molecule has 206 valence electrons. The summed E-state index contributed by atoms with van der Waals surface area (Å²) in [5, 5.41) is 5.70. The monoisotopic (exact) mass is 555 g/mol. The summed E-state index contributed by atoms with van der Waals surface area (Å²) in [7, 11) is -4.05. The van der Waals surface area contributed by atoms with Crippen LogP contribution in [0, 0.1) is 12.8 Å². The van der Waals surface area contributed by atoms with Crippen molar-refractivity contribution in [1.82, 2.24) is 5.32 Å². The van der Waals surface area contributed by atoms with Crippen molar-refractivity contribution in [3.05, 3.63) is 125 Å². The number of hydrogen-bond acceptors (Lipinski definition) is 4. The molecule has 8 heteroatoms. The molecular formula is C32H33N3O4S. The summed E-state index contributed by atoms with van der Waals surface area (Å²) in [5.74, 6) is -0.564. The third-order valence-electron chi connectivity index (χ3n) is 6.29. The van der Waals surface area contributed by atoms with Crippen LogP contribution >= 0.6 is 0 Å². The van der Waals surface area contributed by atoms with Crippen LogP contribution in [0.4, 0.5) is 11.4 Å². The summed E-state index contributed by atoms with van der Waals surface area (Å²) in [6.45, 7) is 6.40. The first-order valence-corrected chi connectivity index (χ1v) is 14.5. The Morgan fingerprint density at radius 3 is 2.02 bits per heavy atom. The number of benzene rings is 4. The Morgan fingerprint density at radius 2 is 1.35 bits per heavy atom. The van der Waals surface area contributed by atoms with E-state index in [2.05, 4.69) is 10.6 Å². The summed E-state index contributed by atoms with van der Waals surface area (Å²) in [6.07, 6.45) is 0. The van der Waals surface area contributed by atoms with Gasteiger partial charge in [-0.3, -0.25) is 13.9 Å². The number of sulfonamides is 1. The molecule has 2 N–H and O–H groups in total. The largest absolute Gasteiger partial charge is 0.352 e. The van der Waals surface area contributed by atoms with Crippen LogP contribution in [0.15, 0.2) is 108 Å². The normalized spacial score (nSPS) is 11.2. The van der Waals surface area contributed by atoms with E-state index in [1.54, 1.807) is 72.8 Å². The van der Waals surface area contributed by atoms with Crippen molar-refractivity contribution < 1.29 is 18.0 Å². The van der Waals surface area contributed by atoms with Gasteiger partial charge in [0.25, 0.3) is 21.8 Å². The standard InChI is InChI=1S/C32H33N3O4S/c1-23(2)21-33-31(36)27-13-7-9-15-29(27)34-32(37)28-14-8-10-16-30(28)35(22-25-11-5-4-6-12-25)40(38,39)26-19-17-24(3)18-20-26/h4-20,23H,21-22H2,1-3H3,(H,33,36)(H,34,37). The molecule has 0 saturated heterocycles. The molecule has 0 bridgehead atoms. The Labute approximate surface area is 235 Å². The average molecular weight is 556 g/mol. The number of carbonyl (C=O) groups excluding carboxylic acids is 2. The summed E-state index contributed by atoms with van der Waals surface area (Å²) in [5.41, 5.74) is 2.74. The van der Waals surface area contributed by atoms with E-state index in [0.29, 0.717) is 17.8 Å². The quantitative estimate of drug-likeness (QED) is 0.250. The van der Waals surface area contributed by atoms with Crippen LogP contribution in [-0.4, -0.2) is 26.8 Å². The molecule has 0 aromatic heterocycles. The van der Waals surface area contributed by atoms with Crippen LogP contribution in [0.1, 0.15) is 45.7 Å². The fraction of sp³-hybridized carbons (Fsp3) is 0.188. The highest BCUT2D eigenvalue weighted by atomic mass is 32.2. The van der Waals surface area contributed by atoms with Crippen molar-refractivity contribution in [2.24, 2.45) is 5.92 Å². The lowest BCUT2D eigenvalue weighted by Crippen LogP contribution is -2.32. The second-order valence-electron chi connectivity index (χ2n) is 9.93. The number of carbonyl (C=O) groups is 2. The predicted octanol–water partition coefficient (Wildman–Crippen LogP) is 6.03. The SMILES string of the molecule is Cc1ccc(S(=O)(=O)N(Cc2ccccc2)c2ccccc2C(=O)Nc2ccccc2C(=O)NCC(C)C)cc1. The maximum absolute atomic E-state index is 14.0. The number of hydrogen-bond donors (Lipinski definition) is 2. The summed E-state index contributed by atoms with van der Waals surface area (Å²) in [4.78, 5) is 26.6. The smallest absolute Gasteiger partial charge is 0.264 e. The number of nitrogens with zero attached hydrogens (tertiary/aromatic N) is 1. The van der Waals surface area contributed by atoms with Gasteiger partial charge in [-0.15, -0.1) is 0 Å². The van der Waals surface area contributed by atoms with Gasteiger partial charge in [-0.1, -0.05) is 86.1 Å². The van der Waals surface area contributed by atoms with Gasteiger partial charge >= 0.3 is 0 Å². The van der Waals surface area contributed by atoms with E-state index < -0.39 is 15.9 Å². The van der Waals surface area contributed by atoms with Gasteiger partial charge in [0.1, 0.15) is 0 Å². The van der Waals surface area contributed by atoms with Crippen LogP contribution in [0.2, 0.25) is 0 Å². The highest BCUT2D eigenvalue weighted by molar-refractivity contribution is 7.92. The molecule has 0 radical (unpaired) electrons. The number of amides is 2. The topological polar surface area (TPSA) is 95.6 Å². The van der Waals surface area contributed by atoms with Gasteiger partial charge in [-0.25, -0.2) is 8.42 Å². The second-order valence-corrected chi connectivity index (χ2v) is 11.8. The van der Waals surface area contributed by atoms with Crippen molar-refractivity contribution in [1.29, 1.82) is 0 Å². The number of nitrogens with one attached hydrogen (secondary N) is 2. The third-order valence-corrected chi connectivity index (χ3v) is 8.06. The van der Waals surface area contributed by atoms with Crippen LogP contribution in [0.25, 0.3) is 0 Å². The molecule has 4 rings (SSSR count). The Kier molecular flexibility index (Phi) is 9.01. The Hall–Kier alpha value is -4.43. The lowest BCUT2D eigenvalue weighted by molar-refractivity contribution is 0.0950. The summed E-state index contributed by atoms with van der Waals surface area (Å²) < 4.78 is 29.2. The van der Waals surface area contributed by atoms with Crippen LogP contribution in [0.5, 0.6) is 0 Å². The average Bonchev–Trinajstić information content (AvgIpc) is 2.95. The van der Waals surface area contributed by atoms with Crippen LogP contribution in [-0.2, 0) is 16.6 Å². The van der Waals surface area contributed by atoms with Crippen molar-refractivity contribution in [2.75, 3.05) is 16.2 Å². The molecule has 40 heavy (non-hydrogen) atoms. The van der Waals surface area contributed by atoms with Gasteiger partial charge in [0.05, 0.1) is 33.9 Å². The van der Waals surface area contributed by atoms with Crippen molar-refractivity contribution >= 4 is 33.2 Å².